The maximum atomic E-state index is 13.5. The second kappa shape index (κ2) is 9.36. The molecule has 168 valence electrons. The first-order valence-electron chi connectivity index (χ1n) is 11.4. The molecule has 1 atom stereocenters. The van der Waals surface area contributed by atoms with Gasteiger partial charge in [0.05, 0.1) is 13.0 Å². The first-order chi connectivity index (χ1) is 16.7. The van der Waals surface area contributed by atoms with E-state index >= 15 is 0 Å². The van der Waals surface area contributed by atoms with E-state index < -0.39 is 17.9 Å². The topological polar surface area (TPSA) is 55.4 Å². The normalized spacial score (nSPS) is 13.0. The third-order valence-electron chi connectivity index (χ3n) is 6.40. The summed E-state index contributed by atoms with van der Waals surface area (Å²) in [7, 11) is 1.35. The molecule has 0 unspecified atom stereocenters. The largest absolute Gasteiger partial charge is 0.467 e. The molecule has 1 aliphatic rings. The molecule has 0 radical (unpaired) electrons. The van der Waals surface area contributed by atoms with Crippen LogP contribution < -0.4 is 5.32 Å². The standard InChI is InChI=1S/C30H25NO3/c1-34-30(33)27(19-20-15-17-22(18-16-20)21-9-3-2-4-10-21)31-29(32)28-25-13-7-5-11-23(25)24-12-6-8-14-26(24)28/h2-18,27-28H,19H2,1H3,(H,31,32)/t27-/m1/s1. The maximum Gasteiger partial charge on any atom is 0.328 e. The van der Waals surface area contributed by atoms with Gasteiger partial charge in [0, 0.05) is 6.42 Å². The Morgan fingerprint density at radius 2 is 1.26 bits per heavy atom. The van der Waals surface area contributed by atoms with Crippen LogP contribution in [0.1, 0.15) is 22.6 Å². The van der Waals surface area contributed by atoms with E-state index in [2.05, 4.69) is 17.4 Å². The van der Waals surface area contributed by atoms with E-state index in [1.54, 1.807) is 0 Å². The van der Waals surface area contributed by atoms with E-state index in [0.29, 0.717) is 6.42 Å². The molecule has 0 bridgehead atoms. The van der Waals surface area contributed by atoms with Gasteiger partial charge >= 0.3 is 5.97 Å². The molecule has 4 nitrogen and oxygen atoms in total. The van der Waals surface area contributed by atoms with Gasteiger partial charge in [0.15, 0.2) is 0 Å². The Hall–Kier alpha value is -4.18. The Balaban J connectivity index is 1.38. The molecule has 0 aliphatic heterocycles. The lowest BCUT2D eigenvalue weighted by Crippen LogP contribution is -2.45. The molecular weight excluding hydrogens is 422 g/mol. The summed E-state index contributed by atoms with van der Waals surface area (Å²) >= 11 is 0. The molecule has 5 rings (SSSR count). The summed E-state index contributed by atoms with van der Waals surface area (Å²) < 4.78 is 5.03. The third-order valence-corrected chi connectivity index (χ3v) is 6.40. The number of rotatable bonds is 6. The Morgan fingerprint density at radius 3 is 1.85 bits per heavy atom. The molecule has 1 amide bonds. The van der Waals surface area contributed by atoms with Crippen LogP contribution in [0.25, 0.3) is 22.3 Å². The van der Waals surface area contributed by atoms with Gasteiger partial charge in [0.25, 0.3) is 0 Å². The number of benzene rings is 4. The van der Waals surface area contributed by atoms with Crippen molar-refractivity contribution in [1.29, 1.82) is 0 Å². The average Bonchev–Trinajstić information content (AvgIpc) is 3.23. The minimum atomic E-state index is -0.778. The minimum absolute atomic E-state index is 0.200. The average molecular weight is 448 g/mol. The van der Waals surface area contributed by atoms with E-state index in [1.807, 2.05) is 91.0 Å². The number of nitrogens with one attached hydrogen (secondary N) is 1. The second-order valence-corrected chi connectivity index (χ2v) is 8.46. The van der Waals surface area contributed by atoms with Crippen molar-refractivity contribution in [2.75, 3.05) is 7.11 Å². The fourth-order valence-corrected chi connectivity index (χ4v) is 4.73. The molecule has 4 aromatic rings. The molecule has 4 heteroatoms. The Morgan fingerprint density at radius 1 is 0.735 bits per heavy atom. The van der Waals surface area contributed by atoms with Gasteiger partial charge < -0.3 is 10.1 Å². The van der Waals surface area contributed by atoms with Gasteiger partial charge in [-0.2, -0.15) is 0 Å². The zero-order valence-corrected chi connectivity index (χ0v) is 18.9. The lowest BCUT2D eigenvalue weighted by Gasteiger charge is -2.20. The second-order valence-electron chi connectivity index (χ2n) is 8.46. The van der Waals surface area contributed by atoms with Gasteiger partial charge in [-0.3, -0.25) is 4.79 Å². The fourth-order valence-electron chi connectivity index (χ4n) is 4.73. The molecular formula is C30H25NO3. The van der Waals surface area contributed by atoms with Crippen molar-refractivity contribution in [1.82, 2.24) is 5.32 Å². The van der Waals surface area contributed by atoms with Crippen LogP contribution in [0.3, 0.4) is 0 Å². The highest BCUT2D eigenvalue weighted by Crippen LogP contribution is 2.44. The number of amides is 1. The number of esters is 1. The molecule has 0 spiro atoms. The summed E-state index contributed by atoms with van der Waals surface area (Å²) in [6, 6.07) is 33.3. The zero-order chi connectivity index (χ0) is 23.5. The fraction of sp³-hybridized carbons (Fsp3) is 0.133. The van der Waals surface area contributed by atoms with Crippen molar-refractivity contribution in [3.63, 3.8) is 0 Å². The van der Waals surface area contributed by atoms with Crippen LogP contribution in [0.15, 0.2) is 103 Å². The van der Waals surface area contributed by atoms with Crippen LogP contribution in [-0.4, -0.2) is 25.0 Å². The van der Waals surface area contributed by atoms with E-state index in [4.69, 9.17) is 4.74 Å². The molecule has 1 N–H and O–H groups in total. The van der Waals surface area contributed by atoms with E-state index in [0.717, 1.165) is 38.9 Å². The number of hydrogen-bond donors (Lipinski definition) is 1. The Labute approximate surface area is 199 Å². The maximum absolute atomic E-state index is 13.5. The van der Waals surface area contributed by atoms with Crippen LogP contribution in [-0.2, 0) is 20.7 Å². The van der Waals surface area contributed by atoms with Crippen molar-refractivity contribution in [3.05, 3.63) is 120 Å². The molecule has 0 saturated heterocycles. The molecule has 0 fully saturated rings. The predicted octanol–water partition coefficient (Wildman–Crippen LogP) is 5.37. The van der Waals surface area contributed by atoms with Gasteiger partial charge in [-0.05, 0) is 38.9 Å². The molecule has 1 aliphatic carbocycles. The SMILES string of the molecule is COC(=O)[C@@H](Cc1ccc(-c2ccccc2)cc1)NC(=O)C1c2ccccc2-c2ccccc21. The predicted molar refractivity (Wildman–Crippen MR) is 133 cm³/mol. The zero-order valence-electron chi connectivity index (χ0n) is 18.9. The highest BCUT2D eigenvalue weighted by molar-refractivity contribution is 5.97. The van der Waals surface area contributed by atoms with Gasteiger partial charge in [-0.15, -0.1) is 0 Å². The molecule has 4 aromatic carbocycles. The first kappa shape index (κ1) is 21.7. The van der Waals surface area contributed by atoms with E-state index in [-0.39, 0.29) is 5.91 Å². The highest BCUT2D eigenvalue weighted by atomic mass is 16.5. The Bertz CT molecular complexity index is 1280. The van der Waals surface area contributed by atoms with Crippen LogP contribution in [0.4, 0.5) is 0 Å². The molecule has 0 heterocycles. The Kier molecular flexibility index (Phi) is 5.96. The van der Waals surface area contributed by atoms with E-state index in [1.165, 1.54) is 7.11 Å². The number of hydrogen-bond acceptors (Lipinski definition) is 3. The van der Waals surface area contributed by atoms with Crippen LogP contribution in [0.5, 0.6) is 0 Å². The van der Waals surface area contributed by atoms with Crippen LogP contribution in [0.2, 0.25) is 0 Å². The summed E-state index contributed by atoms with van der Waals surface area (Å²) in [6.07, 6.45) is 0.351. The lowest BCUT2D eigenvalue weighted by atomic mass is 9.95. The highest BCUT2D eigenvalue weighted by Gasteiger charge is 2.35. The summed E-state index contributed by atoms with van der Waals surface area (Å²) in [5.41, 5.74) is 7.21. The van der Waals surface area contributed by atoms with Crippen molar-refractivity contribution < 1.29 is 14.3 Å². The molecule has 0 aromatic heterocycles. The van der Waals surface area contributed by atoms with Crippen molar-refractivity contribution in [3.8, 4) is 22.3 Å². The summed E-state index contributed by atoms with van der Waals surface area (Å²) in [6.45, 7) is 0. The molecule has 34 heavy (non-hydrogen) atoms. The van der Waals surface area contributed by atoms with Gasteiger partial charge in [-0.1, -0.05) is 103 Å². The van der Waals surface area contributed by atoms with Crippen molar-refractivity contribution in [2.45, 2.75) is 18.4 Å². The van der Waals surface area contributed by atoms with Crippen molar-refractivity contribution in [2.24, 2.45) is 0 Å². The number of methoxy groups -OCH3 is 1. The first-order valence-corrected chi connectivity index (χ1v) is 11.4. The number of fused-ring (bicyclic) bond motifs is 3. The molecule has 0 saturated carbocycles. The van der Waals surface area contributed by atoms with Crippen LogP contribution in [0, 0.1) is 0 Å². The summed E-state index contributed by atoms with van der Waals surface area (Å²) in [5, 5.41) is 2.97. The summed E-state index contributed by atoms with van der Waals surface area (Å²) in [5.74, 6) is -1.12. The number of ether oxygens (including phenoxy) is 1. The lowest BCUT2D eigenvalue weighted by molar-refractivity contribution is -0.145. The van der Waals surface area contributed by atoms with Gasteiger partial charge in [-0.25, -0.2) is 4.79 Å². The van der Waals surface area contributed by atoms with E-state index in [9.17, 15) is 9.59 Å². The minimum Gasteiger partial charge on any atom is -0.467 e. The van der Waals surface area contributed by atoms with Gasteiger partial charge in [0.2, 0.25) is 5.91 Å². The van der Waals surface area contributed by atoms with Crippen molar-refractivity contribution >= 4 is 11.9 Å². The van der Waals surface area contributed by atoms with Gasteiger partial charge in [0.1, 0.15) is 6.04 Å². The number of carbonyl (C=O) groups excluding carboxylic acids is 2. The monoisotopic (exact) mass is 447 g/mol. The summed E-state index contributed by atoms with van der Waals surface area (Å²) in [4.78, 5) is 26.1. The van der Waals surface area contributed by atoms with Crippen LogP contribution >= 0.6 is 0 Å². The quantitative estimate of drug-likeness (QED) is 0.405. The smallest absolute Gasteiger partial charge is 0.328 e. The third kappa shape index (κ3) is 4.11. The number of carbonyl (C=O) groups is 2.